The highest BCUT2D eigenvalue weighted by atomic mass is 127. The fraction of sp³-hybridized carbons (Fsp3) is 0.923. The lowest BCUT2D eigenvalue weighted by molar-refractivity contribution is 0.0273. The zero-order valence-electron chi connectivity index (χ0n) is 11.0. The van der Waals surface area contributed by atoms with Gasteiger partial charge in [-0.25, -0.2) is 4.79 Å². The average Bonchev–Trinajstić information content (AvgIpc) is 2.97. The van der Waals surface area contributed by atoms with E-state index in [9.17, 15) is 4.79 Å². The summed E-state index contributed by atoms with van der Waals surface area (Å²) in [4.78, 5) is 13.9. The molecule has 0 aromatic heterocycles. The summed E-state index contributed by atoms with van der Waals surface area (Å²) in [6.45, 7) is 7.54. The van der Waals surface area contributed by atoms with Crippen molar-refractivity contribution in [3.05, 3.63) is 0 Å². The summed E-state index contributed by atoms with van der Waals surface area (Å²) in [5.41, 5.74) is 0.00367. The molecule has 1 unspecified atom stereocenters. The number of hydrogen-bond acceptors (Lipinski definition) is 2. The van der Waals surface area contributed by atoms with E-state index in [-0.39, 0.29) is 11.7 Å². The molecular formula is C13H22INO2. The summed E-state index contributed by atoms with van der Waals surface area (Å²) in [6, 6.07) is 0. The van der Waals surface area contributed by atoms with E-state index in [1.165, 1.54) is 12.8 Å². The Hall–Kier alpha value is 0. The van der Waals surface area contributed by atoms with E-state index in [0.29, 0.717) is 5.41 Å². The second kappa shape index (κ2) is 4.59. The maximum atomic E-state index is 12.0. The first-order valence-corrected chi connectivity index (χ1v) is 7.93. The Morgan fingerprint density at radius 1 is 1.47 bits per heavy atom. The van der Waals surface area contributed by atoms with Gasteiger partial charge in [-0.2, -0.15) is 0 Å². The second-order valence-corrected chi connectivity index (χ2v) is 7.18. The summed E-state index contributed by atoms with van der Waals surface area (Å²) in [7, 11) is 0. The van der Waals surface area contributed by atoms with Gasteiger partial charge < -0.3 is 9.64 Å². The fourth-order valence-electron chi connectivity index (χ4n) is 2.63. The molecule has 0 aromatic carbocycles. The lowest BCUT2D eigenvalue weighted by Crippen LogP contribution is -2.38. The minimum absolute atomic E-state index is 0.134. The van der Waals surface area contributed by atoms with Crippen LogP contribution in [0.1, 0.15) is 40.0 Å². The van der Waals surface area contributed by atoms with Crippen LogP contribution >= 0.6 is 22.6 Å². The van der Waals surface area contributed by atoms with Gasteiger partial charge in [0, 0.05) is 22.9 Å². The third-order valence-electron chi connectivity index (χ3n) is 3.75. The van der Waals surface area contributed by atoms with Crippen molar-refractivity contribution in [3.63, 3.8) is 0 Å². The van der Waals surface area contributed by atoms with Crippen LogP contribution < -0.4 is 0 Å². The number of carbonyl (C=O) groups excluding carboxylic acids is 1. The molecule has 0 bridgehead atoms. The molecule has 1 atom stereocenters. The molecule has 0 radical (unpaired) electrons. The molecule has 2 rings (SSSR count). The first kappa shape index (κ1) is 13.4. The topological polar surface area (TPSA) is 29.5 Å². The van der Waals surface area contributed by atoms with Crippen molar-refractivity contribution < 1.29 is 9.53 Å². The lowest BCUT2D eigenvalue weighted by Gasteiger charge is -2.28. The van der Waals surface area contributed by atoms with E-state index in [1.807, 2.05) is 25.7 Å². The van der Waals surface area contributed by atoms with Gasteiger partial charge in [-0.1, -0.05) is 22.6 Å². The smallest absolute Gasteiger partial charge is 0.410 e. The molecule has 1 saturated heterocycles. The molecule has 1 heterocycles. The number of alkyl halides is 1. The summed E-state index contributed by atoms with van der Waals surface area (Å²) in [5, 5.41) is 0. The van der Waals surface area contributed by atoms with E-state index in [2.05, 4.69) is 22.6 Å². The van der Waals surface area contributed by atoms with Crippen LogP contribution in [-0.2, 0) is 4.74 Å². The van der Waals surface area contributed by atoms with Crippen molar-refractivity contribution in [1.82, 2.24) is 4.90 Å². The Balaban J connectivity index is 1.95. The molecular weight excluding hydrogens is 329 g/mol. The third-order valence-corrected chi connectivity index (χ3v) is 5.27. The van der Waals surface area contributed by atoms with Crippen molar-refractivity contribution in [2.75, 3.05) is 17.5 Å². The average molecular weight is 351 g/mol. The first-order chi connectivity index (χ1) is 7.86. The van der Waals surface area contributed by atoms with Crippen LogP contribution in [0.25, 0.3) is 0 Å². The minimum atomic E-state index is -0.383. The van der Waals surface area contributed by atoms with Crippen molar-refractivity contribution in [3.8, 4) is 0 Å². The van der Waals surface area contributed by atoms with Crippen LogP contribution in [-0.4, -0.2) is 34.1 Å². The summed E-state index contributed by atoms with van der Waals surface area (Å²) in [6.07, 6.45) is 3.72. The molecule has 3 nitrogen and oxygen atoms in total. The Morgan fingerprint density at radius 3 is 2.59 bits per heavy atom. The fourth-order valence-corrected chi connectivity index (χ4v) is 3.87. The van der Waals surface area contributed by atoms with Crippen LogP contribution in [0.4, 0.5) is 4.79 Å². The Bertz CT molecular complexity index is 309. The Morgan fingerprint density at radius 2 is 2.12 bits per heavy atom. The number of likely N-dealkylation sites (tertiary alicyclic amines) is 1. The zero-order chi connectivity index (χ0) is 12.7. The normalized spacial score (nSPS) is 29.5. The summed E-state index contributed by atoms with van der Waals surface area (Å²) < 4.78 is 6.61. The number of rotatable bonds is 2. The summed E-state index contributed by atoms with van der Waals surface area (Å²) in [5.74, 6) is 0.854. The number of halogens is 1. The van der Waals surface area contributed by atoms with E-state index in [0.717, 1.165) is 29.9 Å². The van der Waals surface area contributed by atoms with E-state index >= 15 is 0 Å². The number of hydrogen-bond donors (Lipinski definition) is 0. The number of ether oxygens (including phenoxy) is 1. The highest BCUT2D eigenvalue weighted by Gasteiger charge is 2.49. The largest absolute Gasteiger partial charge is 0.444 e. The van der Waals surface area contributed by atoms with Crippen molar-refractivity contribution in [2.45, 2.75) is 45.6 Å². The summed E-state index contributed by atoms with van der Waals surface area (Å²) >= 11 is 2.48. The van der Waals surface area contributed by atoms with Crippen LogP contribution in [0.3, 0.4) is 0 Å². The van der Waals surface area contributed by atoms with E-state index in [1.54, 1.807) is 0 Å². The molecule has 17 heavy (non-hydrogen) atoms. The molecule has 1 saturated carbocycles. The quantitative estimate of drug-likeness (QED) is 0.563. The molecule has 1 amide bonds. The highest BCUT2D eigenvalue weighted by molar-refractivity contribution is 14.1. The van der Waals surface area contributed by atoms with Gasteiger partial charge in [-0.3, -0.25) is 0 Å². The predicted molar refractivity (Wildman–Crippen MR) is 76.5 cm³/mol. The van der Waals surface area contributed by atoms with Gasteiger partial charge in [0.25, 0.3) is 0 Å². The van der Waals surface area contributed by atoms with Crippen molar-refractivity contribution in [1.29, 1.82) is 0 Å². The maximum absolute atomic E-state index is 12.0. The zero-order valence-corrected chi connectivity index (χ0v) is 13.1. The maximum Gasteiger partial charge on any atom is 0.410 e. The number of carbonyl (C=O) groups is 1. The number of nitrogens with zero attached hydrogens (tertiary/aromatic N) is 1. The SMILES string of the molecule is CC(C)(C)OC(=O)N1CCC(CI)(C2CC2)C1. The van der Waals surface area contributed by atoms with Gasteiger partial charge in [0.15, 0.2) is 0 Å². The van der Waals surface area contributed by atoms with Crippen molar-refractivity contribution in [2.24, 2.45) is 11.3 Å². The second-order valence-electron chi connectivity index (χ2n) is 6.42. The van der Waals surface area contributed by atoms with Crippen molar-refractivity contribution >= 4 is 28.7 Å². The van der Waals surface area contributed by atoms with Gasteiger partial charge in [-0.15, -0.1) is 0 Å². The monoisotopic (exact) mass is 351 g/mol. The molecule has 98 valence electrons. The van der Waals surface area contributed by atoms with Crippen LogP contribution in [0.5, 0.6) is 0 Å². The first-order valence-electron chi connectivity index (χ1n) is 6.40. The Labute approximate surface area is 117 Å². The van der Waals surface area contributed by atoms with Gasteiger partial charge >= 0.3 is 6.09 Å². The predicted octanol–water partition coefficient (Wildman–Crippen LogP) is 3.46. The highest BCUT2D eigenvalue weighted by Crippen LogP contribution is 2.51. The van der Waals surface area contributed by atoms with E-state index < -0.39 is 0 Å². The van der Waals surface area contributed by atoms with Crippen LogP contribution in [0.15, 0.2) is 0 Å². The molecule has 1 aliphatic heterocycles. The number of amides is 1. The van der Waals surface area contributed by atoms with Gasteiger partial charge in [0.05, 0.1) is 0 Å². The molecule has 2 aliphatic rings. The van der Waals surface area contributed by atoms with Crippen LogP contribution in [0.2, 0.25) is 0 Å². The molecule has 1 aliphatic carbocycles. The van der Waals surface area contributed by atoms with Gasteiger partial charge in [0.2, 0.25) is 0 Å². The Kier molecular flexibility index (Phi) is 3.63. The molecule has 0 aromatic rings. The third kappa shape index (κ3) is 3.06. The van der Waals surface area contributed by atoms with Crippen LogP contribution in [0, 0.1) is 11.3 Å². The standard InChI is InChI=1S/C13H22INO2/c1-12(2,3)17-11(16)15-7-6-13(8-14,9-15)10-4-5-10/h10H,4-9H2,1-3H3. The molecule has 4 heteroatoms. The van der Waals surface area contributed by atoms with Gasteiger partial charge in [-0.05, 0) is 46.0 Å². The molecule has 2 fully saturated rings. The molecule has 0 spiro atoms. The lowest BCUT2D eigenvalue weighted by atomic mass is 9.84. The molecule has 0 N–H and O–H groups in total. The minimum Gasteiger partial charge on any atom is -0.444 e. The van der Waals surface area contributed by atoms with Gasteiger partial charge in [0.1, 0.15) is 5.60 Å². The van der Waals surface area contributed by atoms with E-state index in [4.69, 9.17) is 4.74 Å².